The third-order valence-corrected chi connectivity index (χ3v) is 3.74. The number of anilines is 1. The largest absolute Gasteiger partial charge is 0.459 e. The third kappa shape index (κ3) is 3.03. The van der Waals surface area contributed by atoms with E-state index in [1.165, 1.54) is 0 Å². The lowest BCUT2D eigenvalue weighted by molar-refractivity contribution is 0.00962. The van der Waals surface area contributed by atoms with E-state index in [0.29, 0.717) is 16.7 Å². The molecule has 0 aromatic heterocycles. The molecule has 1 saturated carbocycles. The van der Waals surface area contributed by atoms with Gasteiger partial charge in [0, 0.05) is 5.69 Å². The van der Waals surface area contributed by atoms with Crippen LogP contribution in [-0.2, 0) is 4.74 Å². The third-order valence-electron chi connectivity index (χ3n) is 3.74. The number of hydrogen-bond acceptors (Lipinski definition) is 3. The highest BCUT2D eigenvalue weighted by molar-refractivity contribution is 5.95. The molecular weight excluding hydrogens is 226 g/mol. The summed E-state index contributed by atoms with van der Waals surface area (Å²) in [5.41, 5.74) is 7.11. The summed E-state index contributed by atoms with van der Waals surface area (Å²) in [5, 5.41) is 0. The molecule has 1 aromatic carbocycles. The Hall–Kier alpha value is -1.51. The van der Waals surface area contributed by atoms with Gasteiger partial charge in [-0.05, 0) is 43.2 Å². The van der Waals surface area contributed by atoms with E-state index >= 15 is 0 Å². The number of nitrogen functional groups attached to an aromatic ring is 1. The predicted octanol–water partition coefficient (Wildman–Crippen LogP) is 3.39. The van der Waals surface area contributed by atoms with Crippen LogP contribution in [0.1, 0.15) is 49.9 Å². The highest BCUT2D eigenvalue weighted by Crippen LogP contribution is 2.36. The van der Waals surface area contributed by atoms with Crippen molar-refractivity contribution < 1.29 is 9.53 Å². The van der Waals surface area contributed by atoms with Gasteiger partial charge in [-0.15, -0.1) is 0 Å². The van der Waals surface area contributed by atoms with E-state index in [1.807, 2.05) is 6.07 Å². The van der Waals surface area contributed by atoms with Crippen LogP contribution in [0, 0.1) is 5.41 Å². The van der Waals surface area contributed by atoms with E-state index in [-0.39, 0.29) is 12.1 Å². The van der Waals surface area contributed by atoms with Crippen LogP contribution in [0.4, 0.5) is 5.69 Å². The summed E-state index contributed by atoms with van der Waals surface area (Å²) in [6.45, 7) is 4.53. The standard InChI is InChI=1S/C15H21NO2/c1-15(2)9-7-11(8-10-15)18-14(17)12-5-3-4-6-13(12)16/h3-6,11H,7-10,16H2,1-2H3. The van der Waals surface area contributed by atoms with Gasteiger partial charge in [-0.1, -0.05) is 26.0 Å². The van der Waals surface area contributed by atoms with Crippen LogP contribution in [0.2, 0.25) is 0 Å². The highest BCUT2D eigenvalue weighted by atomic mass is 16.5. The Morgan fingerprint density at radius 2 is 1.89 bits per heavy atom. The van der Waals surface area contributed by atoms with Gasteiger partial charge in [-0.2, -0.15) is 0 Å². The van der Waals surface area contributed by atoms with Gasteiger partial charge in [0.05, 0.1) is 5.56 Å². The second kappa shape index (κ2) is 5.01. The fourth-order valence-electron chi connectivity index (χ4n) is 2.39. The zero-order valence-electron chi connectivity index (χ0n) is 11.1. The maximum atomic E-state index is 12.0. The summed E-state index contributed by atoms with van der Waals surface area (Å²) < 4.78 is 5.53. The molecule has 0 saturated heterocycles. The van der Waals surface area contributed by atoms with Gasteiger partial charge in [0.15, 0.2) is 0 Å². The first-order valence-electron chi connectivity index (χ1n) is 6.53. The van der Waals surface area contributed by atoms with Gasteiger partial charge in [-0.25, -0.2) is 4.79 Å². The van der Waals surface area contributed by atoms with Crippen LogP contribution in [-0.4, -0.2) is 12.1 Å². The minimum atomic E-state index is -0.294. The van der Waals surface area contributed by atoms with Gasteiger partial charge < -0.3 is 10.5 Å². The van der Waals surface area contributed by atoms with Crippen molar-refractivity contribution in [1.82, 2.24) is 0 Å². The first-order valence-corrected chi connectivity index (χ1v) is 6.53. The van der Waals surface area contributed by atoms with Crippen molar-refractivity contribution in [3.05, 3.63) is 29.8 Å². The normalized spacial score (nSPS) is 19.4. The van der Waals surface area contributed by atoms with Crippen LogP contribution in [0.15, 0.2) is 24.3 Å². The molecule has 1 aliphatic carbocycles. The molecule has 0 spiro atoms. The number of carbonyl (C=O) groups is 1. The molecule has 0 amide bonds. The molecule has 0 aliphatic heterocycles. The summed E-state index contributed by atoms with van der Waals surface area (Å²) in [6, 6.07) is 7.05. The van der Waals surface area contributed by atoms with Crippen LogP contribution in [0.3, 0.4) is 0 Å². The van der Waals surface area contributed by atoms with Gasteiger partial charge in [0.1, 0.15) is 6.10 Å². The molecule has 3 heteroatoms. The van der Waals surface area contributed by atoms with Gasteiger partial charge in [0.2, 0.25) is 0 Å². The SMILES string of the molecule is CC1(C)CCC(OC(=O)c2ccccc2N)CC1. The smallest absolute Gasteiger partial charge is 0.340 e. The Balaban J connectivity index is 1.95. The van der Waals surface area contributed by atoms with Crippen molar-refractivity contribution >= 4 is 11.7 Å². The first kappa shape index (κ1) is 12.9. The Labute approximate surface area is 108 Å². The van der Waals surface area contributed by atoms with Gasteiger partial charge >= 0.3 is 5.97 Å². The molecule has 0 radical (unpaired) electrons. The summed E-state index contributed by atoms with van der Waals surface area (Å²) >= 11 is 0. The molecule has 2 rings (SSSR count). The Morgan fingerprint density at radius 1 is 1.28 bits per heavy atom. The molecule has 1 aliphatic rings. The fourth-order valence-corrected chi connectivity index (χ4v) is 2.39. The van der Waals surface area contributed by atoms with E-state index in [9.17, 15) is 4.79 Å². The number of ether oxygens (including phenoxy) is 1. The molecule has 98 valence electrons. The Kier molecular flexibility index (Phi) is 3.60. The molecule has 3 nitrogen and oxygen atoms in total. The van der Waals surface area contributed by atoms with E-state index in [2.05, 4.69) is 13.8 Å². The number of rotatable bonds is 2. The molecule has 1 fully saturated rings. The topological polar surface area (TPSA) is 52.3 Å². The van der Waals surface area contributed by atoms with Crippen LogP contribution in [0.25, 0.3) is 0 Å². The van der Waals surface area contributed by atoms with Crippen molar-refractivity contribution in [1.29, 1.82) is 0 Å². The lowest BCUT2D eigenvalue weighted by Gasteiger charge is -2.33. The molecule has 0 atom stereocenters. The molecule has 0 heterocycles. The van der Waals surface area contributed by atoms with Crippen molar-refractivity contribution in [3.63, 3.8) is 0 Å². The lowest BCUT2D eigenvalue weighted by atomic mass is 9.76. The summed E-state index contributed by atoms with van der Waals surface area (Å²) in [7, 11) is 0. The second-order valence-electron chi connectivity index (χ2n) is 5.86. The minimum Gasteiger partial charge on any atom is -0.459 e. The summed E-state index contributed by atoms with van der Waals surface area (Å²) in [6.07, 6.45) is 4.16. The average Bonchev–Trinajstić information content (AvgIpc) is 2.32. The lowest BCUT2D eigenvalue weighted by Crippen LogP contribution is -2.28. The fraction of sp³-hybridized carbons (Fsp3) is 0.533. The Bertz CT molecular complexity index is 430. The Morgan fingerprint density at radius 3 is 2.50 bits per heavy atom. The number of nitrogens with two attached hydrogens (primary N) is 1. The van der Waals surface area contributed by atoms with Gasteiger partial charge in [-0.3, -0.25) is 0 Å². The molecular formula is C15H21NO2. The highest BCUT2D eigenvalue weighted by Gasteiger charge is 2.29. The number of esters is 1. The van der Waals surface area contributed by atoms with E-state index in [4.69, 9.17) is 10.5 Å². The van der Waals surface area contributed by atoms with Crippen LogP contribution < -0.4 is 5.73 Å². The average molecular weight is 247 g/mol. The number of para-hydroxylation sites is 1. The molecule has 0 unspecified atom stereocenters. The molecule has 2 N–H and O–H groups in total. The number of carbonyl (C=O) groups excluding carboxylic acids is 1. The van der Waals surface area contributed by atoms with E-state index in [1.54, 1.807) is 18.2 Å². The monoisotopic (exact) mass is 247 g/mol. The van der Waals surface area contributed by atoms with Crippen molar-refractivity contribution in [2.45, 2.75) is 45.6 Å². The quantitative estimate of drug-likeness (QED) is 0.643. The first-order chi connectivity index (χ1) is 8.48. The maximum absolute atomic E-state index is 12.0. The molecule has 0 bridgehead atoms. The molecule has 1 aromatic rings. The minimum absolute atomic E-state index is 0.0464. The number of hydrogen-bond donors (Lipinski definition) is 1. The van der Waals surface area contributed by atoms with Crippen molar-refractivity contribution in [2.24, 2.45) is 5.41 Å². The second-order valence-corrected chi connectivity index (χ2v) is 5.86. The van der Waals surface area contributed by atoms with Crippen molar-refractivity contribution in [3.8, 4) is 0 Å². The van der Waals surface area contributed by atoms with Crippen molar-refractivity contribution in [2.75, 3.05) is 5.73 Å². The van der Waals surface area contributed by atoms with Crippen LogP contribution >= 0.6 is 0 Å². The van der Waals surface area contributed by atoms with E-state index < -0.39 is 0 Å². The van der Waals surface area contributed by atoms with Crippen LogP contribution in [0.5, 0.6) is 0 Å². The summed E-state index contributed by atoms with van der Waals surface area (Å²) in [5.74, 6) is -0.294. The molecule has 18 heavy (non-hydrogen) atoms. The number of benzene rings is 1. The predicted molar refractivity (Wildman–Crippen MR) is 72.3 cm³/mol. The maximum Gasteiger partial charge on any atom is 0.340 e. The summed E-state index contributed by atoms with van der Waals surface area (Å²) in [4.78, 5) is 12.0. The van der Waals surface area contributed by atoms with Gasteiger partial charge in [0.25, 0.3) is 0 Å². The zero-order chi connectivity index (χ0) is 13.2. The zero-order valence-corrected chi connectivity index (χ0v) is 11.1. The van der Waals surface area contributed by atoms with E-state index in [0.717, 1.165) is 25.7 Å².